The maximum absolute atomic E-state index is 16.4. The maximum atomic E-state index is 16.4. The van der Waals surface area contributed by atoms with Crippen LogP contribution in [-0.4, -0.2) is 93.3 Å². The zero-order valence-electron chi connectivity index (χ0n) is 52.8. The minimum atomic E-state index is -1.26. The summed E-state index contributed by atoms with van der Waals surface area (Å²) in [6.07, 6.45) is 5.16. The predicted molar refractivity (Wildman–Crippen MR) is 362 cm³/mol. The fourth-order valence-electron chi connectivity index (χ4n) is 14.5. The smallest absolute Gasteiger partial charge is 0.262 e. The maximum Gasteiger partial charge on any atom is 0.262 e. The highest BCUT2D eigenvalue weighted by molar-refractivity contribution is 6.45. The second kappa shape index (κ2) is 24.3. The Morgan fingerprint density at radius 2 is 0.574 bits per heavy atom. The van der Waals surface area contributed by atoms with Gasteiger partial charge in [-0.05, 0) is 148 Å². The molecule has 11 aromatic carbocycles. The molecular weight excluding hydrogens is 1180 g/mol. The number of para-hydroxylation sites is 4. The van der Waals surface area contributed by atoms with Crippen LogP contribution in [0, 0.1) is 27.7 Å². The lowest BCUT2D eigenvalue weighted by atomic mass is 9.80. The van der Waals surface area contributed by atoms with E-state index in [4.69, 9.17) is 18.9 Å². The fraction of sp³-hybridized carbons (Fsp3) is 0.225. The van der Waals surface area contributed by atoms with Gasteiger partial charge in [0.05, 0.1) is 22.3 Å². The summed E-state index contributed by atoms with van der Waals surface area (Å²) in [5.74, 6) is -1.05. The van der Waals surface area contributed by atoms with E-state index >= 15 is 28.8 Å². The second-order valence-electron chi connectivity index (χ2n) is 25.3. The number of rotatable bonds is 16. The summed E-state index contributed by atoms with van der Waals surface area (Å²) in [6, 6.07) is 53.0. The van der Waals surface area contributed by atoms with E-state index < -0.39 is 35.7 Å². The SMILES string of the molecule is Cc1ccccc1Oc1cc2c3c(cc(Oc4ccccc4C)c4c5c(Oc6ccccc6C)cc6c7c(cc(Oc8ccccc8C)c(c1c34)c75)C(=O)N(C(Cc1ccccc1)C(=O)N1CCCCC1)C6=O)C(=O)N(C(Cc1ccccc1)C(=O)N1CCCCC1)C2=O. The first kappa shape index (κ1) is 59.4. The summed E-state index contributed by atoms with van der Waals surface area (Å²) in [7, 11) is 0. The Labute approximate surface area is 544 Å². The molecule has 0 N–H and O–H groups in total. The molecular formula is C80H68N4O10. The number of hydrogen-bond acceptors (Lipinski definition) is 10. The molecule has 15 rings (SSSR count). The number of amides is 6. The summed E-state index contributed by atoms with van der Waals surface area (Å²) < 4.78 is 29.3. The predicted octanol–water partition coefficient (Wildman–Crippen LogP) is 16.6. The van der Waals surface area contributed by atoms with Crippen molar-refractivity contribution in [3.63, 3.8) is 0 Å². The quantitative estimate of drug-likeness (QED) is 0.0519. The van der Waals surface area contributed by atoms with Crippen LogP contribution in [0.25, 0.3) is 43.1 Å². The first-order valence-corrected chi connectivity index (χ1v) is 32.5. The van der Waals surface area contributed by atoms with Crippen LogP contribution in [-0.2, 0) is 22.4 Å². The van der Waals surface area contributed by atoms with Gasteiger partial charge in [-0.2, -0.15) is 0 Å². The molecule has 2 atom stereocenters. The molecule has 2 fully saturated rings. The number of hydrogen-bond donors (Lipinski definition) is 0. The highest BCUT2D eigenvalue weighted by Gasteiger charge is 2.48. The summed E-state index contributed by atoms with van der Waals surface area (Å²) in [5, 5.41) is 2.67. The molecule has 11 aromatic rings. The third kappa shape index (κ3) is 10.3. The molecule has 2 saturated heterocycles. The number of likely N-dealkylation sites (tertiary alicyclic amines) is 2. The van der Waals surface area contributed by atoms with Crippen LogP contribution in [0.4, 0.5) is 0 Å². The van der Waals surface area contributed by atoms with Crippen molar-refractivity contribution in [2.24, 2.45) is 0 Å². The first-order valence-electron chi connectivity index (χ1n) is 32.5. The molecule has 4 heterocycles. The van der Waals surface area contributed by atoms with Crippen molar-refractivity contribution in [3.8, 4) is 46.0 Å². The fourth-order valence-corrected chi connectivity index (χ4v) is 14.5. The molecule has 0 aromatic heterocycles. The van der Waals surface area contributed by atoms with Crippen LogP contribution >= 0.6 is 0 Å². The van der Waals surface area contributed by atoms with Crippen LogP contribution in [0.1, 0.15) is 113 Å². The van der Waals surface area contributed by atoms with Gasteiger partial charge >= 0.3 is 0 Å². The van der Waals surface area contributed by atoms with Crippen LogP contribution in [0.2, 0.25) is 0 Å². The van der Waals surface area contributed by atoms with Gasteiger partial charge in [-0.3, -0.25) is 38.6 Å². The van der Waals surface area contributed by atoms with E-state index in [1.54, 1.807) is 34.1 Å². The average molecular weight is 1250 g/mol. The van der Waals surface area contributed by atoms with Crippen molar-refractivity contribution in [2.45, 2.75) is 91.1 Å². The topological polar surface area (TPSA) is 152 Å². The summed E-state index contributed by atoms with van der Waals surface area (Å²) in [4.78, 5) is 102. The highest BCUT2D eigenvalue weighted by atomic mass is 16.5. The number of fused-ring (bicyclic) bond motifs is 2. The van der Waals surface area contributed by atoms with E-state index in [0.29, 0.717) is 81.5 Å². The third-order valence-corrected chi connectivity index (χ3v) is 19.3. The molecule has 0 radical (unpaired) electrons. The number of benzene rings is 11. The van der Waals surface area contributed by atoms with E-state index in [0.717, 1.165) is 81.7 Å². The van der Waals surface area contributed by atoms with Gasteiger partial charge in [0, 0.05) is 82.1 Å². The molecule has 0 saturated carbocycles. The zero-order chi connectivity index (χ0) is 64.5. The minimum absolute atomic E-state index is 0.0506. The highest BCUT2D eigenvalue weighted by Crippen LogP contribution is 2.58. The van der Waals surface area contributed by atoms with Crippen LogP contribution in [0.5, 0.6) is 46.0 Å². The largest absolute Gasteiger partial charge is 0.456 e. The van der Waals surface area contributed by atoms with Crippen molar-refractivity contribution >= 4 is 78.5 Å². The van der Waals surface area contributed by atoms with E-state index in [1.807, 2.05) is 185 Å². The molecule has 4 aliphatic rings. The molecule has 0 spiro atoms. The Balaban J connectivity index is 1.10. The molecule has 0 bridgehead atoms. The van der Waals surface area contributed by atoms with Crippen LogP contribution < -0.4 is 18.9 Å². The third-order valence-electron chi connectivity index (χ3n) is 19.3. The molecule has 4 aliphatic heterocycles. The number of carbonyl (C=O) groups excluding carboxylic acids is 6. The van der Waals surface area contributed by atoms with Crippen molar-refractivity contribution < 1.29 is 47.7 Å². The number of nitrogens with zero attached hydrogens (tertiary/aromatic N) is 4. The molecule has 14 heteroatoms. The van der Waals surface area contributed by atoms with Gasteiger partial charge < -0.3 is 28.7 Å². The van der Waals surface area contributed by atoms with Gasteiger partial charge in [0.25, 0.3) is 23.6 Å². The summed E-state index contributed by atoms with van der Waals surface area (Å²) >= 11 is 0. The van der Waals surface area contributed by atoms with Gasteiger partial charge in [0.1, 0.15) is 58.1 Å². The van der Waals surface area contributed by atoms with E-state index in [2.05, 4.69) is 0 Å². The Hall–Kier alpha value is -10.9. The van der Waals surface area contributed by atoms with Crippen molar-refractivity contribution in [3.05, 3.63) is 238 Å². The molecule has 6 amide bonds. The van der Waals surface area contributed by atoms with E-state index in [9.17, 15) is 0 Å². The summed E-state index contributed by atoms with van der Waals surface area (Å²) in [6.45, 7) is 9.61. The molecule has 94 heavy (non-hydrogen) atoms. The first-order chi connectivity index (χ1) is 45.8. The zero-order valence-corrected chi connectivity index (χ0v) is 52.8. The molecule has 14 nitrogen and oxygen atoms in total. The Morgan fingerprint density at radius 1 is 0.319 bits per heavy atom. The van der Waals surface area contributed by atoms with Gasteiger partial charge in [-0.1, -0.05) is 133 Å². The number of carbonyl (C=O) groups is 6. The number of imide groups is 2. The van der Waals surface area contributed by atoms with Gasteiger partial charge in [-0.25, -0.2) is 0 Å². The monoisotopic (exact) mass is 1240 g/mol. The minimum Gasteiger partial charge on any atom is -0.456 e. The van der Waals surface area contributed by atoms with Crippen molar-refractivity contribution in [2.75, 3.05) is 26.2 Å². The lowest BCUT2D eigenvalue weighted by Crippen LogP contribution is -2.56. The Kier molecular flexibility index (Phi) is 15.4. The standard InChI is InChI=1S/C80H68N4O10/c1-47-25-13-17-33-59(47)91-63-43-53-67-54(76(86)83(75(53)85)57(41-51-29-9-5-10-30-51)79(89)81-37-21-7-22-38-81)45-65(93-61-35-19-15-27-49(61)3)71-72-66(94-62-36-20-16-28-50(62)4)46-56-68-55(44-64(70(74(68)72)69(63)73(67)71)92-60-34-18-14-26-48(60)2)77(87)84(78(56)88)58(42-52-31-11-6-12-32-52)80(90)82-39-23-8-24-40-82/h5-6,9-20,25-36,43-46,57-58H,7-8,21-24,37-42H2,1-4H3. The molecule has 2 unspecified atom stereocenters. The number of ether oxygens (including phenoxy) is 4. The van der Waals surface area contributed by atoms with Crippen molar-refractivity contribution in [1.29, 1.82) is 0 Å². The van der Waals surface area contributed by atoms with E-state index in [1.165, 1.54) is 0 Å². The lowest BCUT2D eigenvalue weighted by molar-refractivity contribution is -0.137. The second-order valence-corrected chi connectivity index (χ2v) is 25.3. The van der Waals surface area contributed by atoms with Gasteiger partial charge in [-0.15, -0.1) is 0 Å². The van der Waals surface area contributed by atoms with Crippen LogP contribution in [0.15, 0.2) is 182 Å². The van der Waals surface area contributed by atoms with Crippen LogP contribution in [0.3, 0.4) is 0 Å². The number of aryl methyl sites for hydroxylation is 4. The molecule has 0 aliphatic carbocycles. The van der Waals surface area contributed by atoms with Gasteiger partial charge in [0.2, 0.25) is 11.8 Å². The molecule has 468 valence electrons. The van der Waals surface area contributed by atoms with Gasteiger partial charge in [0.15, 0.2) is 0 Å². The summed E-state index contributed by atoms with van der Waals surface area (Å²) in [5.41, 5.74) is 4.93. The van der Waals surface area contributed by atoms with E-state index in [-0.39, 0.29) is 80.7 Å². The Bertz CT molecular complexity index is 4390. The number of piperidine rings is 2. The normalized spacial score (nSPS) is 15.5. The average Bonchev–Trinajstić information content (AvgIpc) is 0.672. The van der Waals surface area contributed by atoms with Crippen molar-refractivity contribution in [1.82, 2.24) is 19.6 Å². The Morgan fingerprint density at radius 3 is 0.840 bits per heavy atom. The lowest BCUT2D eigenvalue weighted by Gasteiger charge is -2.38.